The predicted molar refractivity (Wildman–Crippen MR) is 221 cm³/mol. The average molecular weight is 699 g/mol. The van der Waals surface area contributed by atoms with E-state index < -0.39 is 0 Å². The van der Waals surface area contributed by atoms with Gasteiger partial charge in [0.05, 0.1) is 22.1 Å². The molecule has 0 spiro atoms. The minimum absolute atomic E-state index is 0.812. The molecule has 4 nitrogen and oxygen atoms in total. The summed E-state index contributed by atoms with van der Waals surface area (Å²) in [6, 6.07) is 63.4. The zero-order chi connectivity index (χ0) is 34.9. The predicted octanol–water partition coefficient (Wildman–Crippen LogP) is 13.8. The molecule has 0 bridgehead atoms. The molecule has 0 fully saturated rings. The summed E-state index contributed by atoms with van der Waals surface area (Å²) in [5.74, 6) is 3.28. The van der Waals surface area contributed by atoms with E-state index in [1.165, 1.54) is 63.8 Å². The maximum Gasteiger partial charge on any atom is 0.127 e. The first-order chi connectivity index (χ1) is 26.3. The zero-order valence-corrected chi connectivity index (χ0v) is 29.3. The summed E-state index contributed by atoms with van der Waals surface area (Å²) in [6.07, 6.45) is 0. The molecule has 0 radical (unpaired) electrons. The zero-order valence-electron chi connectivity index (χ0n) is 28.4. The van der Waals surface area contributed by atoms with Gasteiger partial charge in [0.15, 0.2) is 0 Å². The molecular weight excluding hydrogens is 669 g/mol. The van der Waals surface area contributed by atoms with Crippen molar-refractivity contribution < 1.29 is 9.47 Å². The molecule has 3 aromatic heterocycles. The summed E-state index contributed by atoms with van der Waals surface area (Å²) < 4.78 is 19.6. The number of para-hydroxylation sites is 4. The van der Waals surface area contributed by atoms with E-state index >= 15 is 0 Å². The van der Waals surface area contributed by atoms with Gasteiger partial charge >= 0.3 is 0 Å². The van der Waals surface area contributed by atoms with Crippen LogP contribution in [0.3, 0.4) is 0 Å². The van der Waals surface area contributed by atoms with Gasteiger partial charge in [-0.25, -0.2) is 0 Å². The Labute approximate surface area is 308 Å². The molecule has 0 N–H and O–H groups in total. The largest absolute Gasteiger partial charge is 0.457 e. The van der Waals surface area contributed by atoms with Crippen molar-refractivity contribution in [2.24, 2.45) is 0 Å². The van der Waals surface area contributed by atoms with Crippen LogP contribution in [0.5, 0.6) is 23.0 Å². The number of rotatable bonds is 6. The van der Waals surface area contributed by atoms with Crippen LogP contribution >= 0.6 is 11.3 Å². The molecule has 53 heavy (non-hydrogen) atoms. The number of hydrogen-bond acceptors (Lipinski definition) is 3. The lowest BCUT2D eigenvalue weighted by Crippen LogP contribution is -1.94. The molecule has 0 aliphatic carbocycles. The highest BCUT2D eigenvalue weighted by Crippen LogP contribution is 2.47. The lowest BCUT2D eigenvalue weighted by atomic mass is 10.1. The summed E-state index contributed by atoms with van der Waals surface area (Å²) in [5, 5.41) is 7.65. The van der Waals surface area contributed by atoms with Gasteiger partial charge in [-0.15, -0.1) is 11.3 Å². The van der Waals surface area contributed by atoms with E-state index in [4.69, 9.17) is 9.47 Å². The van der Waals surface area contributed by atoms with Crippen LogP contribution in [-0.2, 0) is 0 Å². The number of aromatic nitrogens is 2. The number of ether oxygens (including phenoxy) is 2. The number of nitrogens with zero attached hydrogens (tertiary/aromatic N) is 2. The molecule has 0 saturated carbocycles. The molecule has 0 atom stereocenters. The standard InChI is InChI=1S/C48H30N2O2S/c1-3-11-33(12-4-1)51-35-23-19-31(20-24-35)49-41-17-9-7-15-39(41)45-43(49)29-27-37-38-28-30-44-46(48(38)53-47(37)45)40-16-8-10-18-42(40)50(44)32-21-25-36(26-22-32)52-34-13-5-2-6-14-34/h1-30H. The average Bonchev–Trinajstić information content (AvgIpc) is 3.87. The Hall–Kier alpha value is -6.82. The second-order valence-electron chi connectivity index (χ2n) is 13.3. The lowest BCUT2D eigenvalue weighted by molar-refractivity contribution is 0.482. The van der Waals surface area contributed by atoms with Gasteiger partial charge in [-0.05, 0) is 97.1 Å². The van der Waals surface area contributed by atoms with E-state index in [1.807, 2.05) is 72.0 Å². The number of hydrogen-bond donors (Lipinski definition) is 0. The summed E-state index contributed by atoms with van der Waals surface area (Å²) in [6.45, 7) is 0. The van der Waals surface area contributed by atoms with Gasteiger partial charge < -0.3 is 18.6 Å². The van der Waals surface area contributed by atoms with E-state index in [-0.39, 0.29) is 0 Å². The van der Waals surface area contributed by atoms with Gasteiger partial charge in [0.25, 0.3) is 0 Å². The van der Waals surface area contributed by atoms with Crippen LogP contribution in [0.25, 0.3) is 75.2 Å². The highest BCUT2D eigenvalue weighted by molar-refractivity contribution is 7.27. The summed E-state index contributed by atoms with van der Waals surface area (Å²) in [4.78, 5) is 0. The van der Waals surface area contributed by atoms with Crippen LogP contribution in [0.4, 0.5) is 0 Å². The lowest BCUT2D eigenvalue weighted by Gasteiger charge is -2.10. The van der Waals surface area contributed by atoms with Crippen LogP contribution in [0.15, 0.2) is 182 Å². The third kappa shape index (κ3) is 4.75. The molecule has 0 aliphatic heterocycles. The highest BCUT2D eigenvalue weighted by atomic mass is 32.1. The van der Waals surface area contributed by atoms with Gasteiger partial charge in [-0.1, -0.05) is 84.9 Å². The molecule has 250 valence electrons. The third-order valence-corrected chi connectivity index (χ3v) is 11.5. The summed E-state index contributed by atoms with van der Waals surface area (Å²) in [5.41, 5.74) is 6.96. The maximum absolute atomic E-state index is 6.12. The quantitative estimate of drug-likeness (QED) is 0.173. The summed E-state index contributed by atoms with van der Waals surface area (Å²) in [7, 11) is 0. The first-order valence-electron chi connectivity index (χ1n) is 17.8. The Morgan fingerprint density at radius 2 is 0.679 bits per heavy atom. The Kier molecular flexibility index (Phi) is 6.69. The molecule has 11 aromatic rings. The molecule has 0 unspecified atom stereocenters. The number of benzene rings is 8. The van der Waals surface area contributed by atoms with Gasteiger partial charge in [0.2, 0.25) is 0 Å². The van der Waals surface area contributed by atoms with Gasteiger partial charge in [-0.3, -0.25) is 0 Å². The van der Waals surface area contributed by atoms with Crippen molar-refractivity contribution in [3.63, 3.8) is 0 Å². The van der Waals surface area contributed by atoms with Crippen LogP contribution in [0.1, 0.15) is 0 Å². The van der Waals surface area contributed by atoms with Gasteiger partial charge in [0.1, 0.15) is 23.0 Å². The minimum atomic E-state index is 0.812. The maximum atomic E-state index is 6.12. The fraction of sp³-hybridized carbons (Fsp3) is 0. The van der Waals surface area contributed by atoms with Crippen molar-refractivity contribution in [2.45, 2.75) is 0 Å². The van der Waals surface area contributed by atoms with Crippen LogP contribution in [-0.4, -0.2) is 9.13 Å². The van der Waals surface area contributed by atoms with Crippen LogP contribution < -0.4 is 9.47 Å². The second-order valence-corrected chi connectivity index (χ2v) is 14.3. The fourth-order valence-corrected chi connectivity index (χ4v) is 9.34. The van der Waals surface area contributed by atoms with Crippen molar-refractivity contribution in [1.82, 2.24) is 9.13 Å². The molecule has 5 heteroatoms. The van der Waals surface area contributed by atoms with Crippen molar-refractivity contribution in [3.05, 3.63) is 182 Å². The molecule has 11 rings (SSSR count). The van der Waals surface area contributed by atoms with Crippen LogP contribution in [0, 0.1) is 0 Å². The summed E-state index contributed by atoms with van der Waals surface area (Å²) >= 11 is 1.91. The second kappa shape index (κ2) is 11.9. The SMILES string of the molecule is c1ccc(Oc2ccc(-n3c4ccccc4c4c5sc6c(ccc7c6c6ccccc6n7-c6ccc(Oc7ccccc7)cc6)c5ccc43)cc2)cc1. The Balaban J connectivity index is 1.08. The van der Waals surface area contributed by atoms with E-state index in [0.29, 0.717) is 0 Å². The van der Waals surface area contributed by atoms with E-state index in [9.17, 15) is 0 Å². The van der Waals surface area contributed by atoms with Crippen molar-refractivity contribution in [3.8, 4) is 34.4 Å². The molecule has 0 saturated heterocycles. The monoisotopic (exact) mass is 698 g/mol. The first kappa shape index (κ1) is 29.9. The number of thiophene rings is 1. The van der Waals surface area contributed by atoms with Crippen molar-refractivity contribution >= 4 is 75.1 Å². The van der Waals surface area contributed by atoms with E-state index in [2.05, 4.69) is 130 Å². The molecule has 0 amide bonds. The third-order valence-electron chi connectivity index (χ3n) is 10.2. The smallest absolute Gasteiger partial charge is 0.127 e. The van der Waals surface area contributed by atoms with Crippen molar-refractivity contribution in [1.29, 1.82) is 0 Å². The van der Waals surface area contributed by atoms with E-state index in [1.54, 1.807) is 0 Å². The Morgan fingerprint density at radius 1 is 0.302 bits per heavy atom. The number of fused-ring (bicyclic) bond motifs is 11. The molecule has 0 aliphatic rings. The normalized spacial score (nSPS) is 11.8. The molecule has 3 heterocycles. The minimum Gasteiger partial charge on any atom is -0.457 e. The Bertz CT molecular complexity index is 2930. The highest BCUT2D eigenvalue weighted by Gasteiger charge is 2.21. The van der Waals surface area contributed by atoms with Crippen molar-refractivity contribution in [2.75, 3.05) is 0 Å². The van der Waals surface area contributed by atoms with Gasteiger partial charge in [-0.2, -0.15) is 0 Å². The topological polar surface area (TPSA) is 28.3 Å². The van der Waals surface area contributed by atoms with E-state index in [0.717, 1.165) is 34.4 Å². The van der Waals surface area contributed by atoms with Gasteiger partial charge in [0, 0.05) is 53.1 Å². The fourth-order valence-electron chi connectivity index (χ4n) is 7.93. The molecular formula is C48H30N2O2S. The van der Waals surface area contributed by atoms with Crippen LogP contribution in [0.2, 0.25) is 0 Å². The Morgan fingerprint density at radius 3 is 1.11 bits per heavy atom. The molecule has 8 aromatic carbocycles. The first-order valence-corrected chi connectivity index (χ1v) is 18.6.